The first-order valence-electron chi connectivity index (χ1n) is 49.4. The molecular formula is C105H180O16P2. The Labute approximate surface area is 752 Å². The highest BCUT2D eigenvalue weighted by Crippen LogP contribution is 2.45. The minimum absolute atomic E-state index is 0.0826. The molecule has 0 aliphatic heterocycles. The zero-order valence-corrected chi connectivity index (χ0v) is 79.9. The summed E-state index contributed by atoms with van der Waals surface area (Å²) in [6.45, 7) is 2.55. The number of rotatable bonds is 93. The zero-order valence-electron chi connectivity index (χ0n) is 78.1. The van der Waals surface area contributed by atoms with E-state index in [1.807, 2.05) is 0 Å². The fourth-order valence-corrected chi connectivity index (χ4v) is 15.0. The lowest BCUT2D eigenvalue weighted by molar-refractivity contribution is -0.161. The third-order valence-electron chi connectivity index (χ3n) is 20.9. The molecule has 0 aromatic carbocycles. The van der Waals surface area contributed by atoms with Gasteiger partial charge in [-0.2, -0.15) is 0 Å². The first-order chi connectivity index (χ1) is 60.2. The molecule has 0 spiro atoms. The lowest BCUT2D eigenvalue weighted by Gasteiger charge is -2.21. The molecule has 0 fully saturated rings. The maximum absolute atomic E-state index is 13.1. The van der Waals surface area contributed by atoms with E-state index in [2.05, 4.69) is 191 Å². The van der Waals surface area contributed by atoms with Crippen LogP contribution in [0.4, 0.5) is 0 Å². The van der Waals surface area contributed by atoms with Crippen LogP contribution in [-0.4, -0.2) is 95.9 Å². The van der Waals surface area contributed by atoms with E-state index in [-0.39, 0.29) is 19.3 Å². The summed E-state index contributed by atoms with van der Waals surface area (Å²) >= 11 is 0. The summed E-state index contributed by atoms with van der Waals surface area (Å²) in [5.74, 6) is -1.58. The SMILES string of the molecule is CC/C=C\C/C=C\C/C=C\C/C=C\C/C=C\C/C=C\CCCCCCCCC(=O)OC(COC(=O)CCCCCCCCCCCCCCC/C=C\C/C=C\C/C=C\C/C=C\CCCCC)COP(=O)(O)OCC(O)COP(=O)(O)OCC(O)COC(=O)CCCCCCCCCCCCCCCCCCC/C=C\C/C=C\C/C=C\C/C=C\CCCCC. The summed E-state index contributed by atoms with van der Waals surface area (Å²) in [7, 11) is -9.82. The number of hydrogen-bond acceptors (Lipinski definition) is 14. The van der Waals surface area contributed by atoms with E-state index in [4.69, 9.17) is 32.3 Å². The molecule has 5 unspecified atom stereocenters. The van der Waals surface area contributed by atoms with Crippen molar-refractivity contribution in [2.75, 3.05) is 39.6 Å². The fraction of sp³-hybridized carbons (Fsp3) is 0.705. The van der Waals surface area contributed by atoms with E-state index < -0.39 is 91.5 Å². The van der Waals surface area contributed by atoms with Crippen LogP contribution in [0.1, 0.15) is 419 Å². The summed E-state index contributed by atoms with van der Waals surface area (Å²) < 4.78 is 61.6. The van der Waals surface area contributed by atoms with Crippen LogP contribution in [0.15, 0.2) is 170 Å². The number of aliphatic hydroxyl groups excluding tert-OH is 2. The third-order valence-corrected chi connectivity index (χ3v) is 22.8. The van der Waals surface area contributed by atoms with Crippen molar-refractivity contribution < 1.29 is 75.8 Å². The summed E-state index contributed by atoms with van der Waals surface area (Å²) in [5.41, 5.74) is 0. The maximum Gasteiger partial charge on any atom is 0.472 e. The van der Waals surface area contributed by atoms with Crippen LogP contribution < -0.4 is 0 Å². The van der Waals surface area contributed by atoms with Crippen molar-refractivity contribution in [1.29, 1.82) is 0 Å². The van der Waals surface area contributed by atoms with Gasteiger partial charge in [-0.05, 0) is 161 Å². The molecule has 5 atom stereocenters. The number of allylic oxidation sites excluding steroid dienone is 28. The largest absolute Gasteiger partial charge is 0.472 e. The normalized spacial score (nSPS) is 14.4. The van der Waals surface area contributed by atoms with Crippen molar-refractivity contribution in [1.82, 2.24) is 0 Å². The van der Waals surface area contributed by atoms with Gasteiger partial charge in [-0.25, -0.2) is 9.13 Å². The Morgan fingerprint density at radius 3 is 0.683 bits per heavy atom. The predicted octanol–water partition coefficient (Wildman–Crippen LogP) is 31.0. The second-order valence-corrected chi connectivity index (χ2v) is 35.7. The quantitative estimate of drug-likeness (QED) is 0.0146. The van der Waals surface area contributed by atoms with E-state index in [9.17, 15) is 43.5 Å². The summed E-state index contributed by atoms with van der Waals surface area (Å²) in [4.78, 5) is 59.1. The van der Waals surface area contributed by atoms with Gasteiger partial charge in [0.25, 0.3) is 0 Å². The number of phosphoric acid groups is 2. The molecule has 0 aromatic heterocycles. The lowest BCUT2D eigenvalue weighted by Crippen LogP contribution is -2.30. The number of hydrogen-bond donors (Lipinski definition) is 4. The second kappa shape index (κ2) is 96.0. The molecule has 0 aliphatic carbocycles. The van der Waals surface area contributed by atoms with Crippen LogP contribution in [0.5, 0.6) is 0 Å². The van der Waals surface area contributed by atoms with Gasteiger partial charge in [0.2, 0.25) is 0 Å². The van der Waals surface area contributed by atoms with Crippen molar-refractivity contribution >= 4 is 33.6 Å². The van der Waals surface area contributed by atoms with Crippen LogP contribution in [0, 0.1) is 0 Å². The molecule has 706 valence electrons. The molecule has 0 aromatic rings. The van der Waals surface area contributed by atoms with Gasteiger partial charge in [0.05, 0.1) is 26.4 Å². The van der Waals surface area contributed by atoms with Gasteiger partial charge in [0.15, 0.2) is 6.10 Å². The molecule has 0 saturated carbocycles. The molecule has 123 heavy (non-hydrogen) atoms. The summed E-state index contributed by atoms with van der Waals surface area (Å²) in [5, 5.41) is 20.8. The van der Waals surface area contributed by atoms with Crippen molar-refractivity contribution in [2.24, 2.45) is 0 Å². The fourth-order valence-electron chi connectivity index (χ4n) is 13.4. The summed E-state index contributed by atoms with van der Waals surface area (Å²) in [6.07, 6.45) is 125. The molecule has 16 nitrogen and oxygen atoms in total. The number of carbonyl (C=O) groups is 3. The Hall–Kier alpha value is -5.09. The Balaban J connectivity index is 4.61. The molecule has 0 amide bonds. The van der Waals surface area contributed by atoms with E-state index in [1.54, 1.807) is 0 Å². The molecular weight excluding hydrogens is 1580 g/mol. The molecule has 0 bridgehead atoms. The highest BCUT2D eigenvalue weighted by molar-refractivity contribution is 7.47. The molecule has 0 radical (unpaired) electrons. The number of unbranched alkanes of at least 4 members (excludes halogenated alkanes) is 42. The Kier molecular flexibility index (Phi) is 92.0. The van der Waals surface area contributed by atoms with Gasteiger partial charge >= 0.3 is 33.6 Å². The van der Waals surface area contributed by atoms with Gasteiger partial charge in [0.1, 0.15) is 25.4 Å². The van der Waals surface area contributed by atoms with Gasteiger partial charge in [0, 0.05) is 19.3 Å². The number of esters is 3. The van der Waals surface area contributed by atoms with Gasteiger partial charge < -0.3 is 34.2 Å². The van der Waals surface area contributed by atoms with Crippen molar-refractivity contribution in [3.05, 3.63) is 170 Å². The molecule has 0 aliphatic rings. The highest BCUT2D eigenvalue weighted by Gasteiger charge is 2.30. The standard InChI is InChI=1S/C105H180O16P2/c1-4-7-10-13-16-19-22-25-28-31-34-37-40-43-45-47-48-49-50-52-54-56-58-61-64-67-70-73-76-79-82-85-88-91-103(108)115-94-100(106)95-117-122(111,112)118-96-101(107)97-119-123(113,114)120-99-102(121-105(110)93-90-87-84-81-78-75-72-69-66-63-60-55-42-39-36-33-30-27-24-21-18-15-12-9-6-3)98-116-104(109)92-89-86-83-80-77-74-71-68-65-62-59-57-53-51-46-44-41-38-35-32-29-26-23-20-17-14-11-8-5-2/h9,12,16-21,25-30,34-39,43-46,55,60,66,69,100-102,106-107H,4-8,10-11,13-15,22-24,31-33,40-42,47-54,56-59,61-65,67-68,70-99H2,1-3H3,(H,111,112)(H,113,114)/b12-9-,19-16-,20-17-,21-18-,28-25-,29-26-,30-27-,37-34-,38-35-,39-36-,45-43-,46-44-,60-55-,69-66-. The van der Waals surface area contributed by atoms with Gasteiger partial charge in [-0.15, -0.1) is 0 Å². The minimum Gasteiger partial charge on any atom is -0.463 e. The molecule has 18 heteroatoms. The third kappa shape index (κ3) is 97.4. The van der Waals surface area contributed by atoms with Crippen LogP contribution >= 0.6 is 15.6 Å². The highest BCUT2D eigenvalue weighted by atomic mass is 31.2. The predicted molar refractivity (Wildman–Crippen MR) is 519 cm³/mol. The lowest BCUT2D eigenvalue weighted by atomic mass is 10.0. The van der Waals surface area contributed by atoms with Crippen LogP contribution in [0.2, 0.25) is 0 Å². The molecule has 0 heterocycles. The number of aliphatic hydroxyl groups is 2. The van der Waals surface area contributed by atoms with Gasteiger partial charge in [-0.1, -0.05) is 409 Å². The Morgan fingerprint density at radius 2 is 0.431 bits per heavy atom. The minimum atomic E-state index is -4.95. The molecule has 0 rings (SSSR count). The van der Waals surface area contributed by atoms with Crippen molar-refractivity contribution in [3.63, 3.8) is 0 Å². The van der Waals surface area contributed by atoms with E-state index in [0.29, 0.717) is 19.3 Å². The summed E-state index contributed by atoms with van der Waals surface area (Å²) in [6, 6.07) is 0. The van der Waals surface area contributed by atoms with Crippen molar-refractivity contribution in [3.8, 4) is 0 Å². The maximum atomic E-state index is 13.1. The average molecular weight is 1760 g/mol. The Bertz CT molecular complexity index is 2920. The second-order valence-electron chi connectivity index (χ2n) is 32.8. The number of carbonyl (C=O) groups excluding carboxylic acids is 3. The monoisotopic (exact) mass is 1760 g/mol. The topological polar surface area (TPSA) is 231 Å². The first kappa shape index (κ1) is 118. The van der Waals surface area contributed by atoms with Gasteiger partial charge in [-0.3, -0.25) is 32.5 Å². The van der Waals surface area contributed by atoms with E-state index >= 15 is 0 Å². The Morgan fingerprint density at radius 1 is 0.236 bits per heavy atom. The van der Waals surface area contributed by atoms with E-state index in [0.717, 1.165) is 167 Å². The molecule has 4 N–H and O–H groups in total. The average Bonchev–Trinajstić information content (AvgIpc) is 0.898. The number of ether oxygens (including phenoxy) is 3. The zero-order chi connectivity index (χ0) is 89.3. The molecule has 0 saturated heterocycles. The van der Waals surface area contributed by atoms with Crippen LogP contribution in [0.25, 0.3) is 0 Å². The van der Waals surface area contributed by atoms with Crippen LogP contribution in [-0.2, 0) is 55.8 Å². The van der Waals surface area contributed by atoms with Crippen molar-refractivity contribution in [2.45, 2.75) is 437 Å². The van der Waals surface area contributed by atoms with Crippen LogP contribution in [0.3, 0.4) is 0 Å². The van der Waals surface area contributed by atoms with E-state index in [1.165, 1.54) is 193 Å². The smallest absolute Gasteiger partial charge is 0.463 e. The number of phosphoric ester groups is 2. The first-order valence-corrected chi connectivity index (χ1v) is 52.4.